The molecule has 2 heteroatoms. The molecule has 0 saturated heterocycles. The monoisotopic (exact) mass is 290 g/mol. The smallest absolute Gasteiger partial charge is 0.381 e. The molecule has 2 atom stereocenters. The number of hydrogen-bond acceptors (Lipinski definition) is 1. The molecule has 18 heavy (non-hydrogen) atoms. The van der Waals surface area contributed by atoms with E-state index in [2.05, 4.69) is 27.7 Å². The fourth-order valence-electron chi connectivity index (χ4n) is 2.20. The van der Waals surface area contributed by atoms with Crippen LogP contribution in [-0.4, -0.2) is 13.2 Å². The van der Waals surface area contributed by atoms with Crippen molar-refractivity contribution in [1.29, 1.82) is 0 Å². The second-order valence-corrected chi connectivity index (χ2v) is 5.37. The molecule has 0 amide bonds. The van der Waals surface area contributed by atoms with Gasteiger partial charge in [0.15, 0.2) is 0 Å². The minimum atomic E-state index is 0. The molecule has 0 saturated carbocycles. The Morgan fingerprint density at radius 2 is 1.11 bits per heavy atom. The van der Waals surface area contributed by atoms with Gasteiger partial charge < -0.3 is 4.74 Å². The van der Waals surface area contributed by atoms with Gasteiger partial charge in [0.25, 0.3) is 0 Å². The Kier molecular flexibility index (Phi) is 18.3. The SMILES string of the molecule is CCCCC(CC)COCC(CC)CCCC.[Ti+4]. The van der Waals surface area contributed by atoms with Gasteiger partial charge in [-0.3, -0.25) is 0 Å². The summed E-state index contributed by atoms with van der Waals surface area (Å²) in [4.78, 5) is 0. The zero-order valence-corrected chi connectivity index (χ0v) is 14.7. The van der Waals surface area contributed by atoms with Crippen LogP contribution in [0.3, 0.4) is 0 Å². The molecule has 1 nitrogen and oxygen atoms in total. The van der Waals surface area contributed by atoms with E-state index >= 15 is 0 Å². The first kappa shape index (κ1) is 21.0. The van der Waals surface area contributed by atoms with E-state index in [0.29, 0.717) is 0 Å². The average molecular weight is 290 g/mol. The van der Waals surface area contributed by atoms with Gasteiger partial charge in [-0.05, 0) is 24.7 Å². The van der Waals surface area contributed by atoms with Gasteiger partial charge in [-0.2, -0.15) is 0 Å². The van der Waals surface area contributed by atoms with Crippen LogP contribution in [0.1, 0.15) is 79.1 Å². The van der Waals surface area contributed by atoms with Crippen LogP contribution in [0.2, 0.25) is 0 Å². The summed E-state index contributed by atoms with van der Waals surface area (Å²) in [6, 6.07) is 0. The van der Waals surface area contributed by atoms with Crippen molar-refractivity contribution in [2.45, 2.75) is 79.1 Å². The van der Waals surface area contributed by atoms with Crippen LogP contribution in [0, 0.1) is 11.8 Å². The minimum absolute atomic E-state index is 0. The molecule has 2 unspecified atom stereocenters. The quantitative estimate of drug-likeness (QED) is 0.435. The maximum Gasteiger partial charge on any atom is 4.00 e. The summed E-state index contributed by atoms with van der Waals surface area (Å²) in [5, 5.41) is 0. The van der Waals surface area contributed by atoms with Gasteiger partial charge in [-0.15, -0.1) is 0 Å². The van der Waals surface area contributed by atoms with E-state index < -0.39 is 0 Å². The maximum atomic E-state index is 5.93. The molecule has 0 aliphatic carbocycles. The third-order valence-corrected chi connectivity index (χ3v) is 3.79. The average Bonchev–Trinajstić information content (AvgIpc) is 2.37. The van der Waals surface area contributed by atoms with Crippen molar-refractivity contribution in [3.63, 3.8) is 0 Å². The van der Waals surface area contributed by atoms with Crippen molar-refractivity contribution in [3.05, 3.63) is 0 Å². The Morgan fingerprint density at radius 3 is 1.39 bits per heavy atom. The van der Waals surface area contributed by atoms with E-state index in [9.17, 15) is 0 Å². The van der Waals surface area contributed by atoms with Crippen molar-refractivity contribution < 1.29 is 26.5 Å². The van der Waals surface area contributed by atoms with Gasteiger partial charge in [0.1, 0.15) is 0 Å². The number of ether oxygens (including phenoxy) is 1. The molecule has 0 rings (SSSR count). The topological polar surface area (TPSA) is 9.23 Å². The molecule has 0 N–H and O–H groups in total. The van der Waals surface area contributed by atoms with E-state index in [1.54, 1.807) is 0 Å². The second kappa shape index (κ2) is 15.7. The first-order chi connectivity index (χ1) is 8.28. The summed E-state index contributed by atoms with van der Waals surface area (Å²) >= 11 is 0. The largest absolute Gasteiger partial charge is 4.00 e. The number of unbranched alkanes of at least 4 members (excludes halogenated alkanes) is 2. The minimum Gasteiger partial charge on any atom is -0.381 e. The molecule has 0 aromatic rings. The number of rotatable bonds is 12. The standard InChI is InChI=1S/C16H34O.Ti/c1-5-9-11-15(7-3)13-17-14-16(8-4)12-10-6-2;/h15-16H,5-14H2,1-4H3;/q;+4. The maximum absolute atomic E-state index is 5.93. The normalized spacial score (nSPS) is 14.0. The van der Waals surface area contributed by atoms with Gasteiger partial charge in [0.05, 0.1) is 0 Å². The van der Waals surface area contributed by atoms with Crippen LogP contribution in [0.5, 0.6) is 0 Å². The fourth-order valence-corrected chi connectivity index (χ4v) is 2.20. The summed E-state index contributed by atoms with van der Waals surface area (Å²) in [7, 11) is 0. The van der Waals surface area contributed by atoms with Crippen LogP contribution in [0.25, 0.3) is 0 Å². The first-order valence-electron chi connectivity index (χ1n) is 7.86. The summed E-state index contributed by atoms with van der Waals surface area (Å²) in [5.74, 6) is 1.58. The van der Waals surface area contributed by atoms with Crippen LogP contribution in [-0.2, 0) is 26.5 Å². The molecule has 0 radical (unpaired) electrons. The molecular weight excluding hydrogens is 256 g/mol. The summed E-state index contributed by atoms with van der Waals surface area (Å²) < 4.78 is 5.93. The molecular formula is C16H34OTi+4. The molecule has 0 spiro atoms. The fraction of sp³-hybridized carbons (Fsp3) is 1.00. The van der Waals surface area contributed by atoms with E-state index in [1.165, 1.54) is 51.4 Å². The molecule has 104 valence electrons. The van der Waals surface area contributed by atoms with Gasteiger partial charge in [0, 0.05) is 13.2 Å². The van der Waals surface area contributed by atoms with E-state index in [-0.39, 0.29) is 21.7 Å². The molecule has 0 fully saturated rings. The predicted molar refractivity (Wildman–Crippen MR) is 77.4 cm³/mol. The van der Waals surface area contributed by atoms with Crippen molar-refractivity contribution in [3.8, 4) is 0 Å². The van der Waals surface area contributed by atoms with E-state index in [4.69, 9.17) is 4.74 Å². The summed E-state index contributed by atoms with van der Waals surface area (Å²) in [6.07, 6.45) is 10.6. The van der Waals surface area contributed by atoms with E-state index in [0.717, 1.165) is 25.0 Å². The third kappa shape index (κ3) is 11.7. The zero-order valence-electron chi connectivity index (χ0n) is 13.1. The zero-order chi connectivity index (χ0) is 12.9. The molecule has 0 aliphatic rings. The second-order valence-electron chi connectivity index (χ2n) is 5.37. The molecule has 0 heterocycles. The Hall–Kier alpha value is 0.674. The summed E-state index contributed by atoms with van der Waals surface area (Å²) in [6.45, 7) is 11.1. The molecule has 0 aliphatic heterocycles. The van der Waals surface area contributed by atoms with Gasteiger partial charge >= 0.3 is 21.7 Å². The third-order valence-electron chi connectivity index (χ3n) is 3.79. The van der Waals surface area contributed by atoms with Crippen molar-refractivity contribution in [1.82, 2.24) is 0 Å². The first-order valence-corrected chi connectivity index (χ1v) is 7.86. The Balaban J connectivity index is 0. The van der Waals surface area contributed by atoms with Crippen LogP contribution >= 0.6 is 0 Å². The van der Waals surface area contributed by atoms with E-state index in [1.807, 2.05) is 0 Å². The Bertz CT molecular complexity index is 134. The Morgan fingerprint density at radius 1 is 0.722 bits per heavy atom. The van der Waals surface area contributed by atoms with Crippen molar-refractivity contribution >= 4 is 0 Å². The van der Waals surface area contributed by atoms with Crippen LogP contribution in [0.4, 0.5) is 0 Å². The van der Waals surface area contributed by atoms with Gasteiger partial charge in [-0.1, -0.05) is 66.2 Å². The predicted octanol–water partition coefficient (Wildman–Crippen LogP) is 5.43. The van der Waals surface area contributed by atoms with Gasteiger partial charge in [-0.25, -0.2) is 0 Å². The molecule has 0 aromatic heterocycles. The summed E-state index contributed by atoms with van der Waals surface area (Å²) in [5.41, 5.74) is 0. The van der Waals surface area contributed by atoms with Crippen LogP contribution in [0.15, 0.2) is 0 Å². The Labute approximate surface area is 130 Å². The van der Waals surface area contributed by atoms with Crippen molar-refractivity contribution in [2.75, 3.05) is 13.2 Å². The van der Waals surface area contributed by atoms with Crippen LogP contribution < -0.4 is 0 Å². The van der Waals surface area contributed by atoms with Crippen molar-refractivity contribution in [2.24, 2.45) is 11.8 Å². The molecule has 0 bridgehead atoms. The molecule has 0 aromatic carbocycles. The number of hydrogen-bond donors (Lipinski definition) is 0. The van der Waals surface area contributed by atoms with Gasteiger partial charge in [0.2, 0.25) is 0 Å².